The molecule has 110 valence electrons. The van der Waals surface area contributed by atoms with Crippen molar-refractivity contribution in [3.8, 4) is 0 Å². The van der Waals surface area contributed by atoms with Crippen LogP contribution in [0, 0.1) is 0 Å². The van der Waals surface area contributed by atoms with Crippen LogP contribution >= 0.6 is 27.5 Å². The third kappa shape index (κ3) is 4.30. The van der Waals surface area contributed by atoms with Crippen LogP contribution in [0.3, 0.4) is 0 Å². The molecule has 21 heavy (non-hydrogen) atoms. The molecule has 0 aliphatic carbocycles. The van der Waals surface area contributed by atoms with Crippen molar-refractivity contribution < 1.29 is 4.79 Å². The van der Waals surface area contributed by atoms with Gasteiger partial charge in [-0.3, -0.25) is 4.79 Å². The lowest BCUT2D eigenvalue weighted by molar-refractivity contribution is 0.0955. The first-order chi connectivity index (χ1) is 10.1. The average molecular weight is 371 g/mol. The molecule has 0 saturated heterocycles. The highest BCUT2D eigenvalue weighted by Gasteiger charge is 2.07. The molecule has 2 rings (SSSR count). The van der Waals surface area contributed by atoms with Gasteiger partial charge in [-0.2, -0.15) is 0 Å². The second-order valence-corrected chi connectivity index (χ2v) is 5.41. The van der Waals surface area contributed by atoms with E-state index < -0.39 is 0 Å². The zero-order valence-electron chi connectivity index (χ0n) is 10.9. The molecule has 6 nitrogen and oxygen atoms in total. The van der Waals surface area contributed by atoms with Gasteiger partial charge in [0.1, 0.15) is 17.2 Å². The summed E-state index contributed by atoms with van der Waals surface area (Å²) in [6.07, 6.45) is 1.32. The van der Waals surface area contributed by atoms with Crippen LogP contribution in [0.5, 0.6) is 0 Å². The van der Waals surface area contributed by atoms with E-state index in [1.54, 1.807) is 18.2 Å². The van der Waals surface area contributed by atoms with Crippen molar-refractivity contribution in [3.05, 3.63) is 45.7 Å². The first-order valence-electron chi connectivity index (χ1n) is 6.11. The van der Waals surface area contributed by atoms with Gasteiger partial charge in [-0.15, -0.1) is 0 Å². The highest BCUT2D eigenvalue weighted by Crippen LogP contribution is 2.22. The van der Waals surface area contributed by atoms with Crippen molar-refractivity contribution in [1.82, 2.24) is 15.3 Å². The monoisotopic (exact) mass is 369 g/mol. The normalized spacial score (nSPS) is 10.2. The molecule has 8 heteroatoms. The molecule has 0 fully saturated rings. The Morgan fingerprint density at radius 2 is 2.14 bits per heavy atom. The van der Waals surface area contributed by atoms with E-state index in [1.807, 2.05) is 6.07 Å². The second-order valence-electron chi connectivity index (χ2n) is 4.11. The first-order valence-corrected chi connectivity index (χ1v) is 7.28. The number of nitrogen functional groups attached to an aromatic ring is 1. The third-order valence-corrected chi connectivity index (χ3v) is 3.47. The summed E-state index contributed by atoms with van der Waals surface area (Å²) in [5, 5.41) is 6.05. The number of nitrogens with two attached hydrogens (primary N) is 1. The molecule has 4 N–H and O–H groups in total. The summed E-state index contributed by atoms with van der Waals surface area (Å²) in [6.45, 7) is 0.890. The maximum absolute atomic E-state index is 11.9. The van der Waals surface area contributed by atoms with E-state index in [1.165, 1.54) is 6.33 Å². The van der Waals surface area contributed by atoms with Gasteiger partial charge in [-0.05, 0) is 18.2 Å². The van der Waals surface area contributed by atoms with Gasteiger partial charge < -0.3 is 16.4 Å². The van der Waals surface area contributed by atoms with Crippen molar-refractivity contribution in [2.45, 2.75) is 0 Å². The lowest BCUT2D eigenvalue weighted by Crippen LogP contribution is -2.29. The summed E-state index contributed by atoms with van der Waals surface area (Å²) < 4.78 is 0.858. The van der Waals surface area contributed by atoms with Crippen LogP contribution in [-0.2, 0) is 0 Å². The fourth-order valence-corrected chi connectivity index (χ4v) is 2.16. The lowest BCUT2D eigenvalue weighted by Gasteiger charge is -2.09. The third-order valence-electron chi connectivity index (χ3n) is 2.61. The minimum Gasteiger partial charge on any atom is -0.382 e. The lowest BCUT2D eigenvalue weighted by atomic mass is 10.2. The first kappa shape index (κ1) is 15.5. The molecule has 1 amide bonds. The molecule has 0 spiro atoms. The molecule has 0 saturated carbocycles. The van der Waals surface area contributed by atoms with Gasteiger partial charge in [0.15, 0.2) is 5.82 Å². The van der Waals surface area contributed by atoms with Gasteiger partial charge in [0.2, 0.25) is 0 Å². The number of carbonyl (C=O) groups excluding carboxylic acids is 1. The minimum absolute atomic E-state index is 0.147. The summed E-state index contributed by atoms with van der Waals surface area (Å²) in [6, 6.07) is 7.17. The van der Waals surface area contributed by atoms with Crippen LogP contribution in [0.2, 0.25) is 5.02 Å². The number of hydrogen-bond donors (Lipinski definition) is 3. The zero-order valence-corrected chi connectivity index (χ0v) is 13.3. The number of hydrogen-bond acceptors (Lipinski definition) is 5. The molecule has 0 bridgehead atoms. The Kier molecular flexibility index (Phi) is 5.35. The number of nitrogens with one attached hydrogen (secondary N) is 2. The molecule has 1 aromatic heterocycles. The fourth-order valence-electron chi connectivity index (χ4n) is 1.60. The van der Waals surface area contributed by atoms with E-state index in [2.05, 4.69) is 36.5 Å². The SMILES string of the molecule is Nc1ncnc(NCCNC(=O)c2cccc(Br)c2)c1Cl. The number of nitrogens with zero attached hydrogens (tertiary/aromatic N) is 2. The topological polar surface area (TPSA) is 92.9 Å². The maximum atomic E-state index is 11.9. The molecule has 0 radical (unpaired) electrons. The number of rotatable bonds is 5. The van der Waals surface area contributed by atoms with Crippen molar-refractivity contribution in [1.29, 1.82) is 0 Å². The zero-order chi connectivity index (χ0) is 15.2. The van der Waals surface area contributed by atoms with Crippen LogP contribution < -0.4 is 16.4 Å². The smallest absolute Gasteiger partial charge is 0.251 e. The van der Waals surface area contributed by atoms with E-state index in [0.717, 1.165) is 4.47 Å². The van der Waals surface area contributed by atoms with Crippen molar-refractivity contribution >= 4 is 45.1 Å². The molecule has 1 aromatic carbocycles. The predicted molar refractivity (Wildman–Crippen MR) is 86.4 cm³/mol. The van der Waals surface area contributed by atoms with E-state index in [0.29, 0.717) is 24.5 Å². The minimum atomic E-state index is -0.147. The van der Waals surface area contributed by atoms with Crippen molar-refractivity contribution in [3.63, 3.8) is 0 Å². The standard InChI is InChI=1S/C13H13BrClN5O/c14-9-3-1-2-8(6-9)13(21)18-5-4-17-12-10(15)11(16)19-7-20-12/h1-3,6-7H,4-5H2,(H,18,21)(H3,16,17,19,20). The number of amides is 1. The second kappa shape index (κ2) is 7.24. The summed E-state index contributed by atoms with van der Waals surface area (Å²) in [5.41, 5.74) is 6.16. The molecule has 1 heterocycles. The van der Waals surface area contributed by atoms with Gasteiger partial charge in [-0.25, -0.2) is 9.97 Å². The molecular weight excluding hydrogens is 358 g/mol. The number of benzene rings is 1. The largest absolute Gasteiger partial charge is 0.382 e. The van der Waals surface area contributed by atoms with Gasteiger partial charge in [-0.1, -0.05) is 33.6 Å². The van der Waals surface area contributed by atoms with Crippen LogP contribution in [0.25, 0.3) is 0 Å². The van der Waals surface area contributed by atoms with E-state index in [4.69, 9.17) is 17.3 Å². The van der Waals surface area contributed by atoms with Gasteiger partial charge in [0.25, 0.3) is 5.91 Å². The number of anilines is 2. The Morgan fingerprint density at radius 3 is 2.90 bits per heavy atom. The Morgan fingerprint density at radius 1 is 1.33 bits per heavy atom. The molecule has 0 atom stereocenters. The summed E-state index contributed by atoms with van der Waals surface area (Å²) in [5.74, 6) is 0.514. The molecular formula is C13H13BrClN5O. The average Bonchev–Trinajstić information content (AvgIpc) is 2.47. The Labute approximate surface area is 135 Å². The van der Waals surface area contributed by atoms with Gasteiger partial charge in [0, 0.05) is 23.1 Å². The van der Waals surface area contributed by atoms with Crippen LogP contribution in [0.1, 0.15) is 10.4 Å². The number of carbonyl (C=O) groups is 1. The Hall–Kier alpha value is -1.86. The summed E-state index contributed by atoms with van der Waals surface area (Å²) in [4.78, 5) is 19.6. The number of halogens is 2. The van der Waals surface area contributed by atoms with Crippen LogP contribution in [0.4, 0.5) is 11.6 Å². The molecule has 0 unspecified atom stereocenters. The number of aromatic nitrogens is 2. The van der Waals surface area contributed by atoms with E-state index in [-0.39, 0.29) is 16.7 Å². The molecule has 0 aliphatic heterocycles. The molecule has 2 aromatic rings. The maximum Gasteiger partial charge on any atom is 0.251 e. The van der Waals surface area contributed by atoms with Crippen LogP contribution in [-0.4, -0.2) is 29.0 Å². The van der Waals surface area contributed by atoms with Crippen LogP contribution in [0.15, 0.2) is 35.1 Å². The van der Waals surface area contributed by atoms with Crippen molar-refractivity contribution in [2.24, 2.45) is 0 Å². The Balaban J connectivity index is 1.82. The molecule has 0 aliphatic rings. The van der Waals surface area contributed by atoms with Gasteiger partial charge in [0.05, 0.1) is 0 Å². The summed E-state index contributed by atoms with van der Waals surface area (Å²) >= 11 is 9.27. The van der Waals surface area contributed by atoms with Crippen molar-refractivity contribution in [2.75, 3.05) is 24.1 Å². The predicted octanol–water partition coefficient (Wildman–Crippen LogP) is 2.32. The highest BCUT2D eigenvalue weighted by atomic mass is 79.9. The fraction of sp³-hybridized carbons (Fsp3) is 0.154. The quantitative estimate of drug-likeness (QED) is 0.702. The summed E-state index contributed by atoms with van der Waals surface area (Å²) in [7, 11) is 0. The van der Waals surface area contributed by atoms with Gasteiger partial charge >= 0.3 is 0 Å². The highest BCUT2D eigenvalue weighted by molar-refractivity contribution is 9.10. The van der Waals surface area contributed by atoms with E-state index >= 15 is 0 Å². The Bertz CT molecular complexity index is 652. The van der Waals surface area contributed by atoms with E-state index in [9.17, 15) is 4.79 Å².